The summed E-state index contributed by atoms with van der Waals surface area (Å²) in [5.41, 5.74) is 3.40. The zero-order valence-electron chi connectivity index (χ0n) is 13.5. The minimum atomic E-state index is 0.320. The normalized spacial score (nSPS) is 11.3. The van der Waals surface area contributed by atoms with Crippen molar-refractivity contribution < 1.29 is 0 Å². The van der Waals surface area contributed by atoms with Crippen LogP contribution in [0.2, 0.25) is 0 Å². The van der Waals surface area contributed by atoms with Gasteiger partial charge in [0, 0.05) is 19.2 Å². The highest BCUT2D eigenvalue weighted by Crippen LogP contribution is 2.17. The number of aryl methyl sites for hydroxylation is 2. The zero-order valence-corrected chi connectivity index (χ0v) is 13.5. The molecule has 0 fully saturated rings. The van der Waals surface area contributed by atoms with E-state index in [1.165, 1.54) is 5.56 Å². The van der Waals surface area contributed by atoms with Gasteiger partial charge in [-0.25, -0.2) is 15.0 Å². The molecule has 0 spiro atoms. The summed E-state index contributed by atoms with van der Waals surface area (Å²) in [4.78, 5) is 13.5. The van der Waals surface area contributed by atoms with Crippen LogP contribution in [-0.2, 0) is 13.6 Å². The highest BCUT2D eigenvalue weighted by atomic mass is 15.1. The number of hydrogen-bond acceptors (Lipinski definition) is 4. The molecule has 114 valence electrons. The summed E-state index contributed by atoms with van der Waals surface area (Å²) in [5, 5.41) is 3.34. The molecule has 3 rings (SSSR count). The molecule has 0 amide bonds. The molecule has 0 bridgehead atoms. The van der Waals surface area contributed by atoms with Crippen molar-refractivity contribution in [3.05, 3.63) is 47.7 Å². The summed E-state index contributed by atoms with van der Waals surface area (Å²) >= 11 is 0. The van der Waals surface area contributed by atoms with Crippen LogP contribution in [0.15, 0.2) is 30.5 Å². The second-order valence-corrected chi connectivity index (χ2v) is 5.89. The lowest BCUT2D eigenvalue weighted by molar-refractivity contribution is 0.771. The van der Waals surface area contributed by atoms with Crippen LogP contribution in [0.4, 0.5) is 5.82 Å². The average Bonchev–Trinajstić information content (AvgIpc) is 2.81. The van der Waals surface area contributed by atoms with E-state index in [4.69, 9.17) is 4.98 Å². The molecule has 2 heterocycles. The molecule has 5 heteroatoms. The fourth-order valence-corrected chi connectivity index (χ4v) is 2.44. The van der Waals surface area contributed by atoms with Crippen molar-refractivity contribution in [3.63, 3.8) is 0 Å². The molecular formula is C17H21N5. The Morgan fingerprint density at radius 2 is 2.00 bits per heavy atom. The molecule has 0 atom stereocenters. The number of imidazole rings is 1. The van der Waals surface area contributed by atoms with Crippen molar-refractivity contribution >= 4 is 16.9 Å². The minimum Gasteiger partial charge on any atom is -0.363 e. The Balaban J connectivity index is 1.82. The Hall–Kier alpha value is -2.43. The number of nitrogens with zero attached hydrogens (tertiary/aromatic N) is 4. The van der Waals surface area contributed by atoms with E-state index in [0.29, 0.717) is 12.5 Å². The maximum absolute atomic E-state index is 4.70. The zero-order chi connectivity index (χ0) is 15.7. The first-order valence-electron chi connectivity index (χ1n) is 7.53. The lowest BCUT2D eigenvalue weighted by Crippen LogP contribution is -2.08. The third-order valence-electron chi connectivity index (χ3n) is 3.75. The number of rotatable bonds is 4. The largest absolute Gasteiger partial charge is 0.363 e. The number of aromatic nitrogens is 4. The lowest BCUT2D eigenvalue weighted by atomic mass is 10.2. The van der Waals surface area contributed by atoms with E-state index in [-0.39, 0.29) is 0 Å². The molecule has 22 heavy (non-hydrogen) atoms. The van der Waals surface area contributed by atoms with Gasteiger partial charge in [-0.05, 0) is 30.7 Å². The van der Waals surface area contributed by atoms with Crippen LogP contribution in [-0.4, -0.2) is 19.5 Å². The first-order valence-corrected chi connectivity index (χ1v) is 7.53. The molecule has 1 N–H and O–H groups in total. The van der Waals surface area contributed by atoms with E-state index in [1.807, 2.05) is 13.1 Å². The van der Waals surface area contributed by atoms with Gasteiger partial charge in [-0.2, -0.15) is 0 Å². The summed E-state index contributed by atoms with van der Waals surface area (Å²) in [7, 11) is 2.04. The van der Waals surface area contributed by atoms with Crippen LogP contribution >= 0.6 is 0 Å². The minimum absolute atomic E-state index is 0.320. The molecular weight excluding hydrogens is 274 g/mol. The van der Waals surface area contributed by atoms with Gasteiger partial charge in [0.15, 0.2) is 0 Å². The van der Waals surface area contributed by atoms with Gasteiger partial charge in [-0.15, -0.1) is 0 Å². The number of hydrogen-bond donors (Lipinski definition) is 1. The lowest BCUT2D eigenvalue weighted by Gasteiger charge is -2.08. The van der Waals surface area contributed by atoms with Crippen molar-refractivity contribution in [1.82, 2.24) is 19.5 Å². The Bertz CT molecular complexity index is 804. The third kappa shape index (κ3) is 2.79. The standard InChI is InChI=1S/C17H21N5/c1-11(2)17-18-8-7-15(21-17)19-10-16-20-13-9-12(3)5-6-14(13)22(16)4/h5-9,11H,10H2,1-4H3,(H,18,19,21). The van der Waals surface area contributed by atoms with Crippen LogP contribution < -0.4 is 5.32 Å². The molecule has 0 aliphatic heterocycles. The number of anilines is 1. The Labute approximate surface area is 130 Å². The fraction of sp³-hybridized carbons (Fsp3) is 0.353. The van der Waals surface area contributed by atoms with E-state index in [0.717, 1.165) is 28.5 Å². The van der Waals surface area contributed by atoms with Crippen molar-refractivity contribution in [3.8, 4) is 0 Å². The SMILES string of the molecule is Cc1ccc2c(c1)nc(CNc1ccnc(C(C)C)n1)n2C. The topological polar surface area (TPSA) is 55.6 Å². The van der Waals surface area contributed by atoms with Gasteiger partial charge in [0.25, 0.3) is 0 Å². The van der Waals surface area contributed by atoms with Crippen molar-refractivity contribution in [2.75, 3.05) is 5.32 Å². The average molecular weight is 295 g/mol. The quantitative estimate of drug-likeness (QED) is 0.801. The van der Waals surface area contributed by atoms with Crippen LogP contribution in [0.5, 0.6) is 0 Å². The van der Waals surface area contributed by atoms with Gasteiger partial charge in [0.05, 0.1) is 17.6 Å². The maximum Gasteiger partial charge on any atom is 0.133 e. The van der Waals surface area contributed by atoms with Gasteiger partial charge in [0.2, 0.25) is 0 Å². The third-order valence-corrected chi connectivity index (χ3v) is 3.75. The Morgan fingerprint density at radius 1 is 1.18 bits per heavy atom. The second kappa shape index (κ2) is 5.75. The molecule has 0 unspecified atom stereocenters. The second-order valence-electron chi connectivity index (χ2n) is 5.89. The maximum atomic E-state index is 4.70. The Morgan fingerprint density at radius 3 is 2.77 bits per heavy atom. The van der Waals surface area contributed by atoms with Crippen molar-refractivity contribution in [2.24, 2.45) is 7.05 Å². The molecule has 0 aliphatic rings. The molecule has 0 aliphatic carbocycles. The number of fused-ring (bicyclic) bond motifs is 1. The van der Waals surface area contributed by atoms with E-state index in [1.54, 1.807) is 6.20 Å². The van der Waals surface area contributed by atoms with E-state index >= 15 is 0 Å². The predicted octanol–water partition coefficient (Wildman–Crippen LogP) is 3.41. The monoisotopic (exact) mass is 295 g/mol. The van der Waals surface area contributed by atoms with Gasteiger partial charge in [-0.3, -0.25) is 0 Å². The predicted molar refractivity (Wildman–Crippen MR) is 88.9 cm³/mol. The van der Waals surface area contributed by atoms with Crippen molar-refractivity contribution in [1.29, 1.82) is 0 Å². The summed E-state index contributed by atoms with van der Waals surface area (Å²) in [6.45, 7) is 6.90. The first kappa shape index (κ1) is 14.5. The highest BCUT2D eigenvalue weighted by Gasteiger charge is 2.08. The van der Waals surface area contributed by atoms with Gasteiger partial charge in [-0.1, -0.05) is 19.9 Å². The molecule has 0 saturated heterocycles. The molecule has 3 aromatic rings. The number of benzene rings is 1. The van der Waals surface area contributed by atoms with Gasteiger partial charge >= 0.3 is 0 Å². The highest BCUT2D eigenvalue weighted by molar-refractivity contribution is 5.76. The van der Waals surface area contributed by atoms with Gasteiger partial charge < -0.3 is 9.88 Å². The van der Waals surface area contributed by atoms with Crippen LogP contribution in [0.25, 0.3) is 11.0 Å². The number of nitrogens with one attached hydrogen (secondary N) is 1. The summed E-state index contributed by atoms with van der Waals surface area (Å²) < 4.78 is 2.12. The molecule has 0 radical (unpaired) electrons. The van der Waals surface area contributed by atoms with Gasteiger partial charge in [0.1, 0.15) is 17.5 Å². The summed E-state index contributed by atoms with van der Waals surface area (Å²) in [6, 6.07) is 8.22. The molecule has 5 nitrogen and oxygen atoms in total. The first-order chi connectivity index (χ1) is 10.5. The van der Waals surface area contributed by atoms with E-state index < -0.39 is 0 Å². The van der Waals surface area contributed by atoms with Crippen LogP contribution in [0.3, 0.4) is 0 Å². The van der Waals surface area contributed by atoms with Crippen LogP contribution in [0.1, 0.15) is 37.0 Å². The van der Waals surface area contributed by atoms with Crippen LogP contribution in [0, 0.1) is 6.92 Å². The van der Waals surface area contributed by atoms with E-state index in [2.05, 4.69) is 58.8 Å². The summed E-state index contributed by atoms with van der Waals surface area (Å²) in [6.07, 6.45) is 1.79. The van der Waals surface area contributed by atoms with Crippen molar-refractivity contribution in [2.45, 2.75) is 33.2 Å². The summed E-state index contributed by atoms with van der Waals surface area (Å²) in [5.74, 6) is 3.00. The molecule has 0 saturated carbocycles. The molecule has 2 aromatic heterocycles. The Kier molecular flexibility index (Phi) is 3.79. The van der Waals surface area contributed by atoms with E-state index in [9.17, 15) is 0 Å². The smallest absolute Gasteiger partial charge is 0.133 e. The fourth-order valence-electron chi connectivity index (χ4n) is 2.44. The molecule has 1 aromatic carbocycles.